The molecule has 0 aliphatic rings. The van der Waals surface area contributed by atoms with E-state index in [0.717, 1.165) is 5.56 Å². The lowest BCUT2D eigenvalue weighted by atomic mass is 10.1. The second kappa shape index (κ2) is 8.06. The molecule has 0 aliphatic heterocycles. The number of esters is 1. The highest BCUT2D eigenvalue weighted by molar-refractivity contribution is 5.90. The van der Waals surface area contributed by atoms with Crippen molar-refractivity contribution in [3.05, 3.63) is 71.4 Å². The summed E-state index contributed by atoms with van der Waals surface area (Å²) in [6.07, 6.45) is 1.52. The molecule has 0 spiro atoms. The maximum atomic E-state index is 11.6. The predicted molar refractivity (Wildman–Crippen MR) is 99.4 cm³/mol. The first-order chi connectivity index (χ1) is 12.6. The number of ether oxygens (including phenoxy) is 1. The van der Waals surface area contributed by atoms with Crippen molar-refractivity contribution < 1.29 is 9.53 Å². The van der Waals surface area contributed by atoms with Gasteiger partial charge in [0.25, 0.3) is 0 Å². The highest BCUT2D eigenvalue weighted by Crippen LogP contribution is 2.17. The maximum absolute atomic E-state index is 11.6. The number of hydrogen-bond acceptors (Lipinski definition) is 7. The van der Waals surface area contributed by atoms with Gasteiger partial charge in [-0.05, 0) is 30.7 Å². The summed E-state index contributed by atoms with van der Waals surface area (Å²) in [6.45, 7) is 2.65. The van der Waals surface area contributed by atoms with Crippen molar-refractivity contribution in [3.63, 3.8) is 0 Å². The molecule has 3 aromatic rings. The van der Waals surface area contributed by atoms with Gasteiger partial charge in [-0.1, -0.05) is 35.9 Å². The quantitative estimate of drug-likeness (QED) is 0.660. The Balaban J connectivity index is 1.67. The van der Waals surface area contributed by atoms with Crippen LogP contribution in [0.1, 0.15) is 21.5 Å². The number of anilines is 3. The molecule has 1 heterocycles. The number of carbonyl (C=O) groups is 1. The molecule has 0 unspecified atom stereocenters. The van der Waals surface area contributed by atoms with Crippen LogP contribution in [0.4, 0.5) is 17.5 Å². The molecule has 0 radical (unpaired) electrons. The van der Waals surface area contributed by atoms with Crippen LogP contribution in [0.5, 0.6) is 0 Å². The van der Waals surface area contributed by atoms with Crippen LogP contribution in [-0.2, 0) is 11.3 Å². The van der Waals surface area contributed by atoms with Crippen molar-refractivity contribution in [1.82, 2.24) is 15.2 Å². The first-order valence-corrected chi connectivity index (χ1v) is 8.08. The molecule has 7 nitrogen and oxygen atoms in total. The zero-order valence-corrected chi connectivity index (χ0v) is 14.6. The zero-order chi connectivity index (χ0) is 18.4. The van der Waals surface area contributed by atoms with E-state index >= 15 is 0 Å². The molecule has 132 valence electrons. The van der Waals surface area contributed by atoms with E-state index in [-0.39, 0.29) is 0 Å². The lowest BCUT2D eigenvalue weighted by Crippen LogP contribution is -2.07. The molecule has 2 aromatic carbocycles. The number of benzene rings is 2. The van der Waals surface area contributed by atoms with Gasteiger partial charge in [0.15, 0.2) is 5.82 Å². The second-order valence-corrected chi connectivity index (χ2v) is 5.70. The fourth-order valence-corrected chi connectivity index (χ4v) is 2.32. The van der Waals surface area contributed by atoms with Gasteiger partial charge in [0.2, 0.25) is 5.95 Å². The third kappa shape index (κ3) is 4.54. The second-order valence-electron chi connectivity index (χ2n) is 5.70. The van der Waals surface area contributed by atoms with Gasteiger partial charge in [-0.25, -0.2) is 4.79 Å². The number of nitrogens with one attached hydrogen (secondary N) is 2. The summed E-state index contributed by atoms with van der Waals surface area (Å²) in [4.78, 5) is 16.0. The van der Waals surface area contributed by atoms with Gasteiger partial charge in [0.05, 0.1) is 18.9 Å². The molecule has 0 aliphatic carbocycles. The van der Waals surface area contributed by atoms with Gasteiger partial charge in [-0.15, -0.1) is 5.10 Å². The first kappa shape index (κ1) is 17.3. The summed E-state index contributed by atoms with van der Waals surface area (Å²) in [5, 5.41) is 14.2. The first-order valence-electron chi connectivity index (χ1n) is 8.08. The van der Waals surface area contributed by atoms with E-state index in [0.29, 0.717) is 29.6 Å². The predicted octanol–water partition coefficient (Wildman–Crippen LogP) is 3.32. The van der Waals surface area contributed by atoms with E-state index in [2.05, 4.69) is 57.0 Å². The van der Waals surface area contributed by atoms with Crippen LogP contribution in [0.15, 0.2) is 54.7 Å². The molecular weight excluding hydrogens is 330 g/mol. The lowest BCUT2D eigenvalue weighted by Gasteiger charge is -2.09. The van der Waals surface area contributed by atoms with E-state index in [9.17, 15) is 4.79 Å². The molecule has 3 rings (SSSR count). The molecule has 2 N–H and O–H groups in total. The number of hydrogen-bond donors (Lipinski definition) is 2. The Morgan fingerprint density at radius 2 is 1.96 bits per heavy atom. The van der Waals surface area contributed by atoms with Crippen molar-refractivity contribution in [2.45, 2.75) is 13.5 Å². The Morgan fingerprint density at radius 3 is 2.73 bits per heavy atom. The average Bonchev–Trinajstić information content (AvgIpc) is 2.67. The molecule has 26 heavy (non-hydrogen) atoms. The van der Waals surface area contributed by atoms with Crippen molar-refractivity contribution >= 4 is 23.4 Å². The van der Waals surface area contributed by atoms with Crippen molar-refractivity contribution in [2.75, 3.05) is 17.7 Å². The van der Waals surface area contributed by atoms with E-state index in [1.807, 2.05) is 6.07 Å². The van der Waals surface area contributed by atoms with Crippen molar-refractivity contribution in [2.24, 2.45) is 0 Å². The van der Waals surface area contributed by atoms with E-state index in [4.69, 9.17) is 4.74 Å². The van der Waals surface area contributed by atoms with Gasteiger partial charge in [-0.3, -0.25) is 0 Å². The molecule has 1 aromatic heterocycles. The third-order valence-electron chi connectivity index (χ3n) is 3.69. The van der Waals surface area contributed by atoms with Crippen LogP contribution < -0.4 is 10.6 Å². The molecule has 7 heteroatoms. The number of rotatable bonds is 6. The Labute approximate surface area is 151 Å². The fraction of sp³-hybridized carbons (Fsp3) is 0.158. The van der Waals surface area contributed by atoms with Crippen LogP contribution in [0.3, 0.4) is 0 Å². The zero-order valence-electron chi connectivity index (χ0n) is 14.6. The van der Waals surface area contributed by atoms with Gasteiger partial charge in [0.1, 0.15) is 0 Å². The minimum absolute atomic E-state index is 0.394. The van der Waals surface area contributed by atoms with E-state index in [1.54, 1.807) is 18.2 Å². The number of aryl methyl sites for hydroxylation is 1. The minimum Gasteiger partial charge on any atom is -0.465 e. The summed E-state index contributed by atoms with van der Waals surface area (Å²) >= 11 is 0. The Hall–Kier alpha value is -3.48. The SMILES string of the molecule is COC(=O)c1cccc(Nc2cnnc(NCc3ccc(C)cc3)n2)c1. The number of nitrogens with zero attached hydrogens (tertiary/aromatic N) is 3. The monoisotopic (exact) mass is 349 g/mol. The molecule has 0 amide bonds. The van der Waals surface area contributed by atoms with Crippen molar-refractivity contribution in [3.8, 4) is 0 Å². The van der Waals surface area contributed by atoms with E-state index in [1.165, 1.54) is 18.9 Å². The number of carbonyl (C=O) groups excluding carboxylic acids is 1. The average molecular weight is 349 g/mol. The summed E-state index contributed by atoms with van der Waals surface area (Å²) in [5.74, 6) is 0.544. The molecule has 0 fully saturated rings. The van der Waals surface area contributed by atoms with Crippen LogP contribution >= 0.6 is 0 Å². The summed E-state index contributed by atoms with van der Waals surface area (Å²) in [7, 11) is 1.35. The van der Waals surface area contributed by atoms with Gasteiger partial charge < -0.3 is 15.4 Å². The lowest BCUT2D eigenvalue weighted by molar-refractivity contribution is 0.0601. The van der Waals surface area contributed by atoms with Crippen LogP contribution in [0.25, 0.3) is 0 Å². The molecule has 0 saturated carbocycles. The van der Waals surface area contributed by atoms with Gasteiger partial charge in [0, 0.05) is 12.2 Å². The smallest absolute Gasteiger partial charge is 0.337 e. The normalized spacial score (nSPS) is 10.2. The van der Waals surface area contributed by atoms with Crippen LogP contribution in [0.2, 0.25) is 0 Å². The highest BCUT2D eigenvalue weighted by atomic mass is 16.5. The fourth-order valence-electron chi connectivity index (χ4n) is 2.32. The molecule has 0 saturated heterocycles. The maximum Gasteiger partial charge on any atom is 0.337 e. The van der Waals surface area contributed by atoms with Gasteiger partial charge >= 0.3 is 5.97 Å². The minimum atomic E-state index is -0.394. The van der Waals surface area contributed by atoms with E-state index < -0.39 is 5.97 Å². The molecule has 0 atom stereocenters. The summed E-state index contributed by atoms with van der Waals surface area (Å²) < 4.78 is 4.73. The number of aromatic nitrogens is 3. The third-order valence-corrected chi connectivity index (χ3v) is 3.69. The van der Waals surface area contributed by atoms with Crippen LogP contribution in [-0.4, -0.2) is 28.3 Å². The summed E-state index contributed by atoms with van der Waals surface area (Å²) in [5.41, 5.74) is 3.51. The van der Waals surface area contributed by atoms with Gasteiger partial charge in [-0.2, -0.15) is 10.1 Å². The van der Waals surface area contributed by atoms with Crippen LogP contribution in [0, 0.1) is 6.92 Å². The number of methoxy groups -OCH3 is 1. The topological polar surface area (TPSA) is 89.0 Å². The van der Waals surface area contributed by atoms with Crippen molar-refractivity contribution in [1.29, 1.82) is 0 Å². The summed E-state index contributed by atoms with van der Waals surface area (Å²) in [6, 6.07) is 15.2. The Kier molecular flexibility index (Phi) is 5.38. The molecule has 0 bridgehead atoms. The molecular formula is C19H19N5O2. The Bertz CT molecular complexity index is 896. The Morgan fingerprint density at radius 1 is 1.15 bits per heavy atom. The largest absolute Gasteiger partial charge is 0.465 e. The standard InChI is InChI=1S/C19H19N5O2/c1-13-6-8-14(9-7-13)11-20-19-23-17(12-21-24-19)22-16-5-3-4-15(10-16)18(25)26-2/h3-10,12H,11H2,1-2H3,(H2,20,22,23,24). The highest BCUT2D eigenvalue weighted by Gasteiger charge is 2.07.